The van der Waals surface area contributed by atoms with Crippen LogP contribution in [0.3, 0.4) is 0 Å². The minimum absolute atomic E-state index is 0.182. The number of carbonyl (C=O) groups excluding carboxylic acids is 1. The van der Waals surface area contributed by atoms with Crippen molar-refractivity contribution in [1.29, 1.82) is 0 Å². The van der Waals surface area contributed by atoms with Crippen molar-refractivity contribution in [2.45, 2.75) is 26.2 Å². The summed E-state index contributed by atoms with van der Waals surface area (Å²) in [5.41, 5.74) is 1.08. The molecule has 16 heavy (non-hydrogen) atoms. The highest BCUT2D eigenvalue weighted by molar-refractivity contribution is 5.96. The SMILES string of the molecule is CC[C@H](Cc1ccccc1)C(=O)CC(=O)O. The van der Waals surface area contributed by atoms with E-state index in [1.54, 1.807) is 0 Å². The molecule has 1 aromatic carbocycles. The Kier molecular flexibility index (Phi) is 4.70. The number of ketones is 1. The van der Waals surface area contributed by atoms with E-state index in [9.17, 15) is 9.59 Å². The van der Waals surface area contributed by atoms with Crippen molar-refractivity contribution < 1.29 is 14.7 Å². The van der Waals surface area contributed by atoms with Crippen molar-refractivity contribution in [3.05, 3.63) is 35.9 Å². The van der Waals surface area contributed by atoms with Gasteiger partial charge in [0, 0.05) is 5.92 Å². The number of hydrogen-bond acceptors (Lipinski definition) is 2. The molecule has 1 aromatic rings. The molecule has 0 aliphatic carbocycles. The van der Waals surface area contributed by atoms with Crippen molar-refractivity contribution >= 4 is 11.8 Å². The van der Waals surface area contributed by atoms with Gasteiger partial charge in [0.25, 0.3) is 0 Å². The Balaban J connectivity index is 2.62. The zero-order valence-electron chi connectivity index (χ0n) is 9.35. The number of carboxylic acids is 1. The van der Waals surface area contributed by atoms with Crippen LogP contribution in [-0.2, 0) is 16.0 Å². The molecule has 0 aliphatic rings. The summed E-state index contributed by atoms with van der Waals surface area (Å²) in [5, 5.41) is 8.57. The number of carboxylic acid groups (broad SMARTS) is 1. The first kappa shape index (κ1) is 12.4. The number of rotatable bonds is 6. The van der Waals surface area contributed by atoms with Gasteiger partial charge in [-0.3, -0.25) is 9.59 Å². The molecule has 0 saturated heterocycles. The minimum Gasteiger partial charge on any atom is -0.481 e. The van der Waals surface area contributed by atoms with Gasteiger partial charge in [-0.15, -0.1) is 0 Å². The second-order valence-corrected chi connectivity index (χ2v) is 3.83. The summed E-state index contributed by atoms with van der Waals surface area (Å²) >= 11 is 0. The second kappa shape index (κ2) is 6.05. The molecule has 1 atom stereocenters. The van der Waals surface area contributed by atoms with E-state index in [1.165, 1.54) is 0 Å². The fraction of sp³-hybridized carbons (Fsp3) is 0.385. The maximum absolute atomic E-state index is 11.6. The fourth-order valence-electron chi connectivity index (χ4n) is 1.68. The number of Topliss-reactive ketones (excluding diaryl/α,β-unsaturated/α-hetero) is 1. The summed E-state index contributed by atoms with van der Waals surface area (Å²) < 4.78 is 0. The van der Waals surface area contributed by atoms with Crippen LogP contribution in [0.4, 0.5) is 0 Å². The van der Waals surface area contributed by atoms with Gasteiger partial charge < -0.3 is 5.11 Å². The molecule has 0 unspecified atom stereocenters. The number of benzene rings is 1. The van der Waals surface area contributed by atoms with E-state index >= 15 is 0 Å². The van der Waals surface area contributed by atoms with E-state index in [0.29, 0.717) is 12.8 Å². The number of aliphatic carboxylic acids is 1. The van der Waals surface area contributed by atoms with Crippen LogP contribution in [0.25, 0.3) is 0 Å². The zero-order valence-corrected chi connectivity index (χ0v) is 9.35. The van der Waals surface area contributed by atoms with Gasteiger partial charge in [0.2, 0.25) is 0 Å². The van der Waals surface area contributed by atoms with Gasteiger partial charge in [-0.25, -0.2) is 0 Å². The van der Waals surface area contributed by atoms with E-state index in [-0.39, 0.29) is 18.1 Å². The van der Waals surface area contributed by atoms with Crippen molar-refractivity contribution in [2.75, 3.05) is 0 Å². The van der Waals surface area contributed by atoms with Gasteiger partial charge in [0.15, 0.2) is 0 Å². The quantitative estimate of drug-likeness (QED) is 0.748. The molecule has 3 heteroatoms. The molecule has 0 amide bonds. The average molecular weight is 220 g/mol. The van der Waals surface area contributed by atoms with Crippen LogP contribution in [0.15, 0.2) is 30.3 Å². The molecule has 0 heterocycles. The highest BCUT2D eigenvalue weighted by atomic mass is 16.4. The standard InChI is InChI=1S/C13H16O3/c1-2-11(12(14)9-13(15)16)8-10-6-4-3-5-7-10/h3-7,11H,2,8-9H2,1H3,(H,15,16)/t11-/m1/s1. The van der Waals surface area contributed by atoms with Gasteiger partial charge in [-0.05, 0) is 18.4 Å². The molecule has 3 nitrogen and oxygen atoms in total. The molecule has 86 valence electrons. The molecule has 0 saturated carbocycles. The third-order valence-corrected chi connectivity index (χ3v) is 2.60. The smallest absolute Gasteiger partial charge is 0.310 e. The molecule has 0 aliphatic heterocycles. The lowest BCUT2D eigenvalue weighted by molar-refractivity contribution is -0.141. The van der Waals surface area contributed by atoms with Crippen LogP contribution < -0.4 is 0 Å². The molecule has 0 aromatic heterocycles. The Morgan fingerprint density at radius 1 is 1.25 bits per heavy atom. The van der Waals surface area contributed by atoms with Crippen molar-refractivity contribution in [2.24, 2.45) is 5.92 Å². The Hall–Kier alpha value is -1.64. The highest BCUT2D eigenvalue weighted by Crippen LogP contribution is 2.14. The van der Waals surface area contributed by atoms with Crippen molar-refractivity contribution in [1.82, 2.24) is 0 Å². The van der Waals surface area contributed by atoms with Crippen molar-refractivity contribution in [3.8, 4) is 0 Å². The molecule has 0 radical (unpaired) electrons. The van der Waals surface area contributed by atoms with E-state index in [1.807, 2.05) is 37.3 Å². The van der Waals surface area contributed by atoms with Crippen LogP contribution in [0.5, 0.6) is 0 Å². The largest absolute Gasteiger partial charge is 0.481 e. The van der Waals surface area contributed by atoms with Gasteiger partial charge in [-0.2, -0.15) is 0 Å². The normalized spacial score (nSPS) is 12.1. The predicted molar refractivity (Wildman–Crippen MR) is 61.2 cm³/mol. The third-order valence-electron chi connectivity index (χ3n) is 2.60. The van der Waals surface area contributed by atoms with Crippen molar-refractivity contribution in [3.63, 3.8) is 0 Å². The zero-order chi connectivity index (χ0) is 12.0. The minimum atomic E-state index is -1.04. The van der Waals surface area contributed by atoms with Gasteiger partial charge in [-0.1, -0.05) is 37.3 Å². The summed E-state index contributed by atoms with van der Waals surface area (Å²) in [6.07, 6.45) is 0.940. The lowest BCUT2D eigenvalue weighted by Crippen LogP contribution is -2.19. The van der Waals surface area contributed by atoms with E-state index in [4.69, 9.17) is 5.11 Å². The van der Waals surface area contributed by atoms with Gasteiger partial charge >= 0.3 is 5.97 Å². The number of hydrogen-bond donors (Lipinski definition) is 1. The van der Waals surface area contributed by atoms with Gasteiger partial charge in [0.1, 0.15) is 12.2 Å². The molecule has 0 bridgehead atoms. The Morgan fingerprint density at radius 3 is 2.38 bits per heavy atom. The third kappa shape index (κ3) is 3.85. The Labute approximate surface area is 95.1 Å². The maximum atomic E-state index is 11.6. The first-order chi connectivity index (χ1) is 7.63. The van der Waals surface area contributed by atoms with Gasteiger partial charge in [0.05, 0.1) is 0 Å². The summed E-state index contributed by atoms with van der Waals surface area (Å²) in [6, 6.07) is 9.67. The molecular formula is C13H16O3. The Bertz CT molecular complexity index is 357. The number of carbonyl (C=O) groups is 2. The summed E-state index contributed by atoms with van der Waals surface area (Å²) in [6.45, 7) is 1.91. The first-order valence-electron chi connectivity index (χ1n) is 5.42. The lowest BCUT2D eigenvalue weighted by atomic mass is 9.91. The summed E-state index contributed by atoms with van der Waals surface area (Å²) in [4.78, 5) is 22.1. The predicted octanol–water partition coefficient (Wildman–Crippen LogP) is 2.30. The molecule has 0 spiro atoms. The first-order valence-corrected chi connectivity index (χ1v) is 5.42. The topological polar surface area (TPSA) is 54.4 Å². The van der Waals surface area contributed by atoms with E-state index in [0.717, 1.165) is 5.56 Å². The highest BCUT2D eigenvalue weighted by Gasteiger charge is 2.19. The van der Waals surface area contributed by atoms with Crippen LogP contribution >= 0.6 is 0 Å². The monoisotopic (exact) mass is 220 g/mol. The van der Waals surface area contributed by atoms with Crippen LogP contribution in [0.1, 0.15) is 25.3 Å². The molecule has 1 N–H and O–H groups in total. The summed E-state index contributed by atoms with van der Waals surface area (Å²) in [5.74, 6) is -1.41. The van der Waals surface area contributed by atoms with Crippen LogP contribution in [0, 0.1) is 5.92 Å². The van der Waals surface area contributed by atoms with Crippen LogP contribution in [-0.4, -0.2) is 16.9 Å². The molecule has 0 fully saturated rings. The second-order valence-electron chi connectivity index (χ2n) is 3.83. The average Bonchev–Trinajstić information content (AvgIpc) is 2.26. The molecular weight excluding hydrogens is 204 g/mol. The lowest BCUT2D eigenvalue weighted by Gasteiger charge is -2.12. The van der Waals surface area contributed by atoms with E-state index < -0.39 is 5.97 Å². The summed E-state index contributed by atoms with van der Waals surface area (Å²) in [7, 11) is 0. The fourth-order valence-corrected chi connectivity index (χ4v) is 1.68. The van der Waals surface area contributed by atoms with E-state index in [2.05, 4.69) is 0 Å². The maximum Gasteiger partial charge on any atom is 0.310 e. The van der Waals surface area contributed by atoms with Crippen LogP contribution in [0.2, 0.25) is 0 Å². The Morgan fingerprint density at radius 2 is 1.88 bits per heavy atom. The molecule has 1 rings (SSSR count).